The van der Waals surface area contributed by atoms with Crippen LogP contribution in [-0.2, 0) is 0 Å². The molecule has 0 aliphatic carbocycles. The van der Waals surface area contributed by atoms with Crippen LogP contribution >= 0.6 is 0 Å². The second-order valence-electron chi connectivity index (χ2n) is 4.38. The Hall–Kier alpha value is -1.31. The third kappa shape index (κ3) is 2.43. The second kappa shape index (κ2) is 5.15. The van der Waals surface area contributed by atoms with Gasteiger partial charge in [-0.05, 0) is 12.5 Å². The molecule has 1 aliphatic heterocycles. The van der Waals surface area contributed by atoms with E-state index in [9.17, 15) is 0 Å². The Labute approximate surface area is 97.6 Å². The largest absolute Gasteiger partial charge is 0.497 e. The molecule has 1 aromatic carbocycles. The highest BCUT2D eigenvalue weighted by Crippen LogP contribution is 2.24. The fraction of sp³-hybridized carbons (Fsp3) is 0.500. The van der Waals surface area contributed by atoms with Crippen molar-refractivity contribution in [1.82, 2.24) is 0 Å². The lowest BCUT2D eigenvalue weighted by Gasteiger charge is -2.00. The summed E-state index contributed by atoms with van der Waals surface area (Å²) in [7, 11) is 1.71. The van der Waals surface area contributed by atoms with Crippen LogP contribution < -0.4 is 4.74 Å². The molecule has 1 aliphatic rings. The van der Waals surface area contributed by atoms with E-state index in [1.165, 1.54) is 24.9 Å². The van der Waals surface area contributed by atoms with Gasteiger partial charge in [0, 0.05) is 18.4 Å². The molecule has 2 rings (SSSR count). The molecule has 0 bridgehead atoms. The van der Waals surface area contributed by atoms with Crippen LogP contribution in [0.25, 0.3) is 0 Å². The molecule has 1 unspecified atom stereocenters. The summed E-state index contributed by atoms with van der Waals surface area (Å²) in [6.07, 6.45) is 6.23. The van der Waals surface area contributed by atoms with Crippen LogP contribution in [0.2, 0.25) is 0 Å². The first-order valence-corrected chi connectivity index (χ1v) is 6.09. The Kier molecular flexibility index (Phi) is 3.60. The van der Waals surface area contributed by atoms with Crippen LogP contribution in [0.3, 0.4) is 0 Å². The van der Waals surface area contributed by atoms with Gasteiger partial charge in [-0.2, -0.15) is 0 Å². The van der Waals surface area contributed by atoms with Gasteiger partial charge in [-0.1, -0.05) is 19.4 Å². The zero-order valence-corrected chi connectivity index (χ0v) is 10.1. The summed E-state index contributed by atoms with van der Waals surface area (Å²) < 4.78 is 7.60. The summed E-state index contributed by atoms with van der Waals surface area (Å²) >= 11 is 0. The Morgan fingerprint density at radius 1 is 1.44 bits per heavy atom. The van der Waals surface area contributed by atoms with Crippen LogP contribution in [0.4, 0.5) is 5.69 Å². The van der Waals surface area contributed by atoms with Crippen LogP contribution in [0.15, 0.2) is 24.3 Å². The molecule has 0 fully saturated rings. The first-order chi connectivity index (χ1) is 7.83. The van der Waals surface area contributed by atoms with Crippen molar-refractivity contribution in [3.63, 3.8) is 0 Å². The average molecular weight is 218 g/mol. The molecule has 0 saturated carbocycles. The fourth-order valence-corrected chi connectivity index (χ4v) is 2.30. The summed E-state index contributed by atoms with van der Waals surface area (Å²) in [6.45, 7) is 3.39. The molecule has 1 aromatic rings. The van der Waals surface area contributed by atoms with Gasteiger partial charge in [0.05, 0.1) is 13.2 Å². The minimum atomic E-state index is 0.760. The summed E-state index contributed by atoms with van der Waals surface area (Å²) in [5.74, 6) is 1.70. The van der Waals surface area contributed by atoms with Gasteiger partial charge >= 0.3 is 0 Å². The Morgan fingerprint density at radius 3 is 3.06 bits per heavy atom. The number of nitrogens with zero attached hydrogens (tertiary/aromatic N) is 1. The van der Waals surface area contributed by atoms with Gasteiger partial charge < -0.3 is 4.74 Å². The van der Waals surface area contributed by atoms with Crippen LogP contribution in [0.5, 0.6) is 5.75 Å². The van der Waals surface area contributed by atoms with E-state index < -0.39 is 0 Å². The quantitative estimate of drug-likeness (QED) is 0.707. The zero-order valence-electron chi connectivity index (χ0n) is 10.1. The van der Waals surface area contributed by atoms with Crippen molar-refractivity contribution in [2.75, 3.05) is 13.7 Å². The number of rotatable bonds is 4. The van der Waals surface area contributed by atoms with Crippen LogP contribution in [0, 0.1) is 5.92 Å². The minimum Gasteiger partial charge on any atom is -0.497 e. The van der Waals surface area contributed by atoms with Crippen molar-refractivity contribution in [3.8, 4) is 5.75 Å². The Morgan fingerprint density at radius 2 is 2.31 bits per heavy atom. The molecule has 2 heteroatoms. The third-order valence-corrected chi connectivity index (χ3v) is 3.18. The molecule has 0 amide bonds. The lowest BCUT2D eigenvalue weighted by molar-refractivity contribution is -0.426. The summed E-state index contributed by atoms with van der Waals surface area (Å²) in [5.41, 5.74) is 1.25. The SMILES string of the molecule is CCCC1C=[N+](c2cccc(OC)c2)CC1. The van der Waals surface area contributed by atoms with E-state index in [0.717, 1.165) is 18.2 Å². The highest BCUT2D eigenvalue weighted by atomic mass is 16.5. The van der Waals surface area contributed by atoms with Crippen molar-refractivity contribution in [1.29, 1.82) is 0 Å². The van der Waals surface area contributed by atoms with Gasteiger partial charge in [-0.25, -0.2) is 4.58 Å². The van der Waals surface area contributed by atoms with E-state index in [4.69, 9.17) is 4.74 Å². The van der Waals surface area contributed by atoms with E-state index in [1.807, 2.05) is 6.07 Å². The molecule has 0 aromatic heterocycles. The smallest absolute Gasteiger partial charge is 0.208 e. The van der Waals surface area contributed by atoms with Crippen LogP contribution in [-0.4, -0.2) is 24.4 Å². The third-order valence-electron chi connectivity index (χ3n) is 3.18. The highest BCUT2D eigenvalue weighted by molar-refractivity contribution is 5.59. The lowest BCUT2D eigenvalue weighted by atomic mass is 10.0. The van der Waals surface area contributed by atoms with Crippen molar-refractivity contribution in [2.24, 2.45) is 5.92 Å². The molecule has 0 N–H and O–H groups in total. The molecular weight excluding hydrogens is 198 g/mol. The molecule has 2 nitrogen and oxygen atoms in total. The topological polar surface area (TPSA) is 12.2 Å². The van der Waals surface area contributed by atoms with Gasteiger partial charge in [0.2, 0.25) is 5.69 Å². The molecule has 0 saturated heterocycles. The van der Waals surface area contributed by atoms with Crippen molar-refractivity contribution in [3.05, 3.63) is 24.3 Å². The number of methoxy groups -OCH3 is 1. The molecule has 16 heavy (non-hydrogen) atoms. The fourth-order valence-electron chi connectivity index (χ4n) is 2.30. The Bertz CT molecular complexity index is 384. The van der Waals surface area contributed by atoms with Gasteiger partial charge in [0.15, 0.2) is 0 Å². The van der Waals surface area contributed by atoms with E-state index in [1.54, 1.807) is 7.11 Å². The van der Waals surface area contributed by atoms with Gasteiger partial charge in [0.25, 0.3) is 0 Å². The molecule has 86 valence electrons. The number of hydrogen-bond acceptors (Lipinski definition) is 1. The molecule has 0 spiro atoms. The number of ether oxygens (including phenoxy) is 1. The summed E-state index contributed by atoms with van der Waals surface area (Å²) in [5, 5.41) is 0. The monoisotopic (exact) mass is 218 g/mol. The van der Waals surface area contributed by atoms with E-state index >= 15 is 0 Å². The molecule has 0 radical (unpaired) electrons. The van der Waals surface area contributed by atoms with Gasteiger partial charge in [0.1, 0.15) is 18.5 Å². The highest BCUT2D eigenvalue weighted by Gasteiger charge is 2.23. The maximum Gasteiger partial charge on any atom is 0.208 e. The maximum absolute atomic E-state index is 5.25. The molecule has 1 heterocycles. The lowest BCUT2D eigenvalue weighted by Crippen LogP contribution is -2.01. The number of hydrogen-bond donors (Lipinski definition) is 0. The van der Waals surface area contributed by atoms with Crippen molar-refractivity contribution < 1.29 is 9.31 Å². The predicted molar refractivity (Wildman–Crippen MR) is 66.9 cm³/mol. The second-order valence-corrected chi connectivity index (χ2v) is 4.38. The van der Waals surface area contributed by atoms with Gasteiger partial charge in [-0.3, -0.25) is 0 Å². The minimum absolute atomic E-state index is 0.760. The maximum atomic E-state index is 5.25. The number of benzene rings is 1. The van der Waals surface area contributed by atoms with Crippen molar-refractivity contribution in [2.45, 2.75) is 26.2 Å². The summed E-state index contributed by atoms with van der Waals surface area (Å²) in [4.78, 5) is 0. The van der Waals surface area contributed by atoms with Crippen LogP contribution in [0.1, 0.15) is 26.2 Å². The predicted octanol–water partition coefficient (Wildman–Crippen LogP) is 3.23. The van der Waals surface area contributed by atoms with E-state index in [-0.39, 0.29) is 0 Å². The zero-order chi connectivity index (χ0) is 11.4. The van der Waals surface area contributed by atoms with Crippen molar-refractivity contribution >= 4 is 11.9 Å². The van der Waals surface area contributed by atoms with Gasteiger partial charge in [-0.15, -0.1) is 0 Å². The molecule has 1 atom stereocenters. The first kappa shape index (κ1) is 11.2. The molecular formula is C14H20NO+. The standard InChI is InChI=1S/C14H20NO/c1-3-5-12-8-9-15(11-12)13-6-4-7-14(10-13)16-2/h4,6-7,10-12H,3,5,8-9H2,1-2H3/q+1. The van der Waals surface area contributed by atoms with E-state index in [2.05, 4.69) is 35.9 Å². The Balaban J connectivity index is 2.15. The summed E-state index contributed by atoms with van der Waals surface area (Å²) in [6, 6.07) is 8.29. The average Bonchev–Trinajstić information content (AvgIpc) is 2.78. The normalized spacial score (nSPS) is 19.6. The van der Waals surface area contributed by atoms with E-state index in [0.29, 0.717) is 0 Å². The first-order valence-electron chi connectivity index (χ1n) is 6.09.